The minimum atomic E-state index is -3.50. The van der Waals surface area contributed by atoms with Crippen LogP contribution in [-0.2, 0) is 16.4 Å². The highest BCUT2D eigenvalue weighted by atomic mass is 32.2. The number of carbonyl (C=O) groups excluding carboxylic acids is 1. The largest absolute Gasteiger partial charge is 0.308 e. The second-order valence-electron chi connectivity index (χ2n) is 8.30. The van der Waals surface area contributed by atoms with Gasteiger partial charge in [0.1, 0.15) is 0 Å². The topological polar surface area (TPSA) is 57.7 Å². The lowest BCUT2D eigenvalue weighted by Gasteiger charge is -2.30. The Morgan fingerprint density at radius 2 is 1.69 bits per heavy atom. The van der Waals surface area contributed by atoms with E-state index in [1.54, 1.807) is 28.6 Å². The van der Waals surface area contributed by atoms with Crippen LogP contribution in [0.15, 0.2) is 47.4 Å². The van der Waals surface area contributed by atoms with Crippen LogP contribution < -0.4 is 4.90 Å². The van der Waals surface area contributed by atoms with Crippen molar-refractivity contribution in [3.05, 3.63) is 59.2 Å². The fourth-order valence-electron chi connectivity index (χ4n) is 4.24. The molecule has 2 aromatic carbocycles. The fourth-order valence-corrected chi connectivity index (χ4v) is 5.71. The zero-order valence-corrected chi connectivity index (χ0v) is 17.9. The first kappa shape index (κ1) is 20.1. The molecule has 1 saturated heterocycles. The first-order valence-electron chi connectivity index (χ1n) is 10.4. The van der Waals surface area contributed by atoms with Crippen molar-refractivity contribution < 1.29 is 13.2 Å². The van der Waals surface area contributed by atoms with E-state index in [0.29, 0.717) is 31.1 Å². The van der Waals surface area contributed by atoms with Gasteiger partial charge in [0.15, 0.2) is 0 Å². The number of piperidine rings is 1. The number of sulfonamides is 1. The van der Waals surface area contributed by atoms with Crippen LogP contribution in [0.25, 0.3) is 0 Å². The lowest BCUT2D eigenvalue weighted by Crippen LogP contribution is -2.38. The Labute approximate surface area is 173 Å². The summed E-state index contributed by atoms with van der Waals surface area (Å²) in [5.41, 5.74) is 3.87. The fraction of sp³-hybridized carbons (Fsp3) is 0.435. The standard InChI is InChI=1S/C23H28N2O3S/c1-17-11-14-24(15-12-17)29(27,28)21-8-6-19(7-9-21)23(26)25-13-3-4-20-16-18(2)5-10-22(20)25/h5-10,16-17H,3-4,11-15H2,1-2H3. The number of nitrogens with zero attached hydrogens (tertiary/aromatic N) is 2. The molecule has 0 aliphatic carbocycles. The first-order chi connectivity index (χ1) is 13.9. The predicted molar refractivity (Wildman–Crippen MR) is 115 cm³/mol. The van der Waals surface area contributed by atoms with E-state index < -0.39 is 10.0 Å². The third kappa shape index (κ3) is 3.96. The maximum absolute atomic E-state index is 13.1. The molecule has 0 bridgehead atoms. The van der Waals surface area contributed by atoms with E-state index in [1.165, 1.54) is 11.1 Å². The molecule has 4 rings (SSSR count). The van der Waals surface area contributed by atoms with Crippen LogP contribution in [0.3, 0.4) is 0 Å². The summed E-state index contributed by atoms with van der Waals surface area (Å²) in [5, 5.41) is 0. The molecule has 6 heteroatoms. The summed E-state index contributed by atoms with van der Waals surface area (Å²) in [5.74, 6) is 0.489. The van der Waals surface area contributed by atoms with Gasteiger partial charge in [0.2, 0.25) is 10.0 Å². The SMILES string of the molecule is Cc1ccc2c(c1)CCCN2C(=O)c1ccc(S(=O)(=O)N2CCC(C)CC2)cc1. The highest BCUT2D eigenvalue weighted by Gasteiger charge is 2.29. The summed E-state index contributed by atoms with van der Waals surface area (Å²) < 4.78 is 27.4. The number of aryl methyl sites for hydroxylation is 2. The van der Waals surface area contributed by atoms with E-state index in [1.807, 2.05) is 17.0 Å². The summed E-state index contributed by atoms with van der Waals surface area (Å²) in [6, 6.07) is 12.6. The van der Waals surface area contributed by atoms with Crippen LogP contribution in [0.1, 0.15) is 47.7 Å². The normalized spacial score (nSPS) is 18.5. The molecule has 0 radical (unpaired) electrons. The van der Waals surface area contributed by atoms with Crippen molar-refractivity contribution in [2.45, 2.75) is 44.4 Å². The molecular formula is C23H28N2O3S. The van der Waals surface area contributed by atoms with Gasteiger partial charge < -0.3 is 4.90 Å². The summed E-state index contributed by atoms with van der Waals surface area (Å²) in [6.07, 6.45) is 3.70. The minimum absolute atomic E-state index is 0.0782. The monoisotopic (exact) mass is 412 g/mol. The number of benzene rings is 2. The van der Waals surface area contributed by atoms with Gasteiger partial charge in [0.25, 0.3) is 5.91 Å². The van der Waals surface area contributed by atoms with Crippen LogP contribution in [0.2, 0.25) is 0 Å². The highest BCUT2D eigenvalue weighted by molar-refractivity contribution is 7.89. The zero-order chi connectivity index (χ0) is 20.6. The Morgan fingerprint density at radius 1 is 1.00 bits per heavy atom. The van der Waals surface area contributed by atoms with Gasteiger partial charge in [-0.3, -0.25) is 4.79 Å². The summed E-state index contributed by atoms with van der Waals surface area (Å²) in [4.78, 5) is 15.2. The van der Waals surface area contributed by atoms with Crippen molar-refractivity contribution >= 4 is 21.6 Å². The van der Waals surface area contributed by atoms with E-state index >= 15 is 0 Å². The average molecular weight is 413 g/mol. The Kier molecular flexibility index (Phi) is 5.49. The third-order valence-electron chi connectivity index (χ3n) is 6.08. The van der Waals surface area contributed by atoms with Gasteiger partial charge in [0.05, 0.1) is 4.90 Å². The molecule has 0 spiro atoms. The van der Waals surface area contributed by atoms with Gasteiger partial charge in [-0.1, -0.05) is 24.6 Å². The number of carbonyl (C=O) groups is 1. The quantitative estimate of drug-likeness (QED) is 0.765. The molecule has 0 atom stereocenters. The van der Waals surface area contributed by atoms with Gasteiger partial charge in [0, 0.05) is 30.9 Å². The van der Waals surface area contributed by atoms with Crippen LogP contribution in [0.5, 0.6) is 0 Å². The second-order valence-corrected chi connectivity index (χ2v) is 10.2. The lowest BCUT2D eigenvalue weighted by molar-refractivity contribution is 0.0985. The Hall–Kier alpha value is -2.18. The van der Waals surface area contributed by atoms with Crippen LogP contribution in [-0.4, -0.2) is 38.3 Å². The maximum atomic E-state index is 13.1. The Balaban J connectivity index is 1.55. The summed E-state index contributed by atoms with van der Waals surface area (Å²) >= 11 is 0. The molecule has 0 saturated carbocycles. The van der Waals surface area contributed by atoms with Crippen LogP contribution in [0, 0.1) is 12.8 Å². The first-order valence-corrected chi connectivity index (χ1v) is 11.8. The van der Waals surface area contributed by atoms with Gasteiger partial charge in [-0.15, -0.1) is 0 Å². The minimum Gasteiger partial charge on any atom is -0.308 e. The average Bonchev–Trinajstić information content (AvgIpc) is 2.73. The predicted octanol–water partition coefficient (Wildman–Crippen LogP) is 4.01. The Bertz CT molecular complexity index is 1010. The molecule has 2 aliphatic heterocycles. The van der Waals surface area contributed by atoms with Crippen molar-refractivity contribution in [1.82, 2.24) is 4.31 Å². The number of fused-ring (bicyclic) bond motifs is 1. The van der Waals surface area contributed by atoms with E-state index in [0.717, 1.165) is 31.4 Å². The zero-order valence-electron chi connectivity index (χ0n) is 17.1. The molecule has 2 aliphatic rings. The molecule has 2 aromatic rings. The van der Waals surface area contributed by atoms with E-state index in [9.17, 15) is 13.2 Å². The van der Waals surface area contributed by atoms with Crippen molar-refractivity contribution in [1.29, 1.82) is 0 Å². The van der Waals surface area contributed by atoms with Crippen molar-refractivity contribution in [3.63, 3.8) is 0 Å². The molecule has 29 heavy (non-hydrogen) atoms. The number of hydrogen-bond acceptors (Lipinski definition) is 3. The van der Waals surface area contributed by atoms with Gasteiger partial charge in [-0.25, -0.2) is 8.42 Å². The summed E-state index contributed by atoms with van der Waals surface area (Å²) in [6.45, 7) is 6.02. The second kappa shape index (κ2) is 7.92. The number of hydrogen-bond donors (Lipinski definition) is 0. The third-order valence-corrected chi connectivity index (χ3v) is 7.99. The molecule has 154 valence electrons. The van der Waals surface area contributed by atoms with Crippen molar-refractivity contribution in [2.75, 3.05) is 24.5 Å². The smallest absolute Gasteiger partial charge is 0.258 e. The van der Waals surface area contributed by atoms with Crippen LogP contribution >= 0.6 is 0 Å². The molecule has 0 aromatic heterocycles. The van der Waals surface area contributed by atoms with Gasteiger partial charge >= 0.3 is 0 Å². The summed E-state index contributed by atoms with van der Waals surface area (Å²) in [7, 11) is -3.50. The number of amides is 1. The molecule has 0 N–H and O–H groups in total. The maximum Gasteiger partial charge on any atom is 0.258 e. The van der Waals surface area contributed by atoms with Crippen molar-refractivity contribution in [3.8, 4) is 0 Å². The molecule has 2 heterocycles. The van der Waals surface area contributed by atoms with Gasteiger partial charge in [-0.05, 0) is 74.4 Å². The Morgan fingerprint density at radius 3 is 2.38 bits per heavy atom. The highest BCUT2D eigenvalue weighted by Crippen LogP contribution is 2.30. The van der Waals surface area contributed by atoms with E-state index in [-0.39, 0.29) is 10.8 Å². The molecule has 5 nitrogen and oxygen atoms in total. The van der Waals surface area contributed by atoms with Crippen molar-refractivity contribution in [2.24, 2.45) is 5.92 Å². The molecule has 1 amide bonds. The van der Waals surface area contributed by atoms with E-state index in [2.05, 4.69) is 19.9 Å². The molecular weight excluding hydrogens is 384 g/mol. The number of rotatable bonds is 3. The van der Waals surface area contributed by atoms with E-state index in [4.69, 9.17) is 0 Å². The van der Waals surface area contributed by atoms with Gasteiger partial charge in [-0.2, -0.15) is 4.31 Å². The molecule has 0 unspecified atom stereocenters. The van der Waals surface area contributed by atoms with Crippen LogP contribution in [0.4, 0.5) is 5.69 Å². The lowest BCUT2D eigenvalue weighted by atomic mass is 9.99. The number of anilines is 1. The molecule has 1 fully saturated rings.